The lowest BCUT2D eigenvalue weighted by molar-refractivity contribution is -0.111. The zero-order valence-electron chi connectivity index (χ0n) is 14.1. The summed E-state index contributed by atoms with van der Waals surface area (Å²) in [5, 5.41) is 2.86. The van der Waals surface area contributed by atoms with Gasteiger partial charge in [0.2, 0.25) is 5.91 Å². The fraction of sp³-hybridized carbons (Fsp3) is 0.200. The van der Waals surface area contributed by atoms with Gasteiger partial charge in [-0.05, 0) is 41.3 Å². The van der Waals surface area contributed by atoms with Crippen LogP contribution in [0.25, 0.3) is 6.08 Å². The number of fused-ring (bicyclic) bond motifs is 1. The van der Waals surface area contributed by atoms with E-state index in [0.29, 0.717) is 18.8 Å². The van der Waals surface area contributed by atoms with Crippen LogP contribution in [0.5, 0.6) is 0 Å². The highest BCUT2D eigenvalue weighted by Gasteiger charge is 2.21. The van der Waals surface area contributed by atoms with Crippen molar-refractivity contribution < 1.29 is 14.3 Å². The third kappa shape index (κ3) is 4.26. The predicted octanol–water partition coefficient (Wildman–Crippen LogP) is 3.46. The molecule has 1 N–H and O–H groups in total. The van der Waals surface area contributed by atoms with E-state index >= 15 is 0 Å². The van der Waals surface area contributed by atoms with Gasteiger partial charge >= 0.3 is 6.09 Å². The number of hydrogen-bond donors (Lipinski definition) is 1. The first-order valence-electron chi connectivity index (χ1n) is 8.14. The molecule has 0 bridgehead atoms. The van der Waals surface area contributed by atoms with E-state index in [1.54, 1.807) is 11.0 Å². The SMILES string of the molecule is COC(=O)N1CCc2ccc(NC(=O)C=Cc3ccccc3)cc2C1. The Hall–Kier alpha value is -3.08. The summed E-state index contributed by atoms with van der Waals surface area (Å²) in [7, 11) is 1.38. The fourth-order valence-corrected chi connectivity index (χ4v) is 2.84. The van der Waals surface area contributed by atoms with Crippen LogP contribution in [0.2, 0.25) is 0 Å². The summed E-state index contributed by atoms with van der Waals surface area (Å²) in [5.41, 5.74) is 3.91. The van der Waals surface area contributed by atoms with Crippen LogP contribution in [0.15, 0.2) is 54.6 Å². The van der Waals surface area contributed by atoms with E-state index < -0.39 is 0 Å². The van der Waals surface area contributed by atoms with Gasteiger partial charge in [-0.25, -0.2) is 4.79 Å². The van der Waals surface area contributed by atoms with Crippen LogP contribution < -0.4 is 5.32 Å². The second kappa shape index (κ2) is 7.66. The molecular weight excluding hydrogens is 316 g/mol. The molecule has 5 heteroatoms. The van der Waals surface area contributed by atoms with Crippen molar-refractivity contribution >= 4 is 23.8 Å². The Labute approximate surface area is 146 Å². The average molecular weight is 336 g/mol. The largest absolute Gasteiger partial charge is 0.453 e. The molecule has 0 aromatic heterocycles. The molecule has 1 aliphatic rings. The third-order valence-electron chi connectivity index (χ3n) is 4.15. The van der Waals surface area contributed by atoms with Gasteiger partial charge < -0.3 is 15.0 Å². The minimum atomic E-state index is -0.328. The van der Waals surface area contributed by atoms with E-state index in [1.165, 1.54) is 18.7 Å². The van der Waals surface area contributed by atoms with Gasteiger partial charge in [0.25, 0.3) is 0 Å². The molecule has 2 amide bonds. The Morgan fingerprint density at radius 2 is 1.92 bits per heavy atom. The van der Waals surface area contributed by atoms with E-state index in [9.17, 15) is 9.59 Å². The van der Waals surface area contributed by atoms with E-state index in [1.807, 2.05) is 48.5 Å². The smallest absolute Gasteiger partial charge is 0.409 e. The second-order valence-corrected chi connectivity index (χ2v) is 5.86. The molecule has 0 fully saturated rings. The Morgan fingerprint density at radius 3 is 2.68 bits per heavy atom. The number of rotatable bonds is 3. The molecule has 0 aliphatic carbocycles. The summed E-state index contributed by atoms with van der Waals surface area (Å²) in [6.45, 7) is 1.14. The normalized spacial score (nSPS) is 13.4. The Bertz CT molecular complexity index is 800. The Balaban J connectivity index is 1.67. The monoisotopic (exact) mass is 336 g/mol. The quantitative estimate of drug-likeness (QED) is 0.873. The van der Waals surface area contributed by atoms with Crippen LogP contribution in [0.1, 0.15) is 16.7 Å². The van der Waals surface area contributed by atoms with Crippen LogP contribution in [0.4, 0.5) is 10.5 Å². The van der Waals surface area contributed by atoms with Crippen LogP contribution in [-0.4, -0.2) is 30.6 Å². The predicted molar refractivity (Wildman–Crippen MR) is 97.1 cm³/mol. The molecule has 1 aliphatic heterocycles. The summed E-state index contributed by atoms with van der Waals surface area (Å²) < 4.78 is 4.78. The zero-order chi connectivity index (χ0) is 17.6. The topological polar surface area (TPSA) is 58.6 Å². The lowest BCUT2D eigenvalue weighted by Crippen LogP contribution is -2.35. The summed E-state index contributed by atoms with van der Waals surface area (Å²) in [4.78, 5) is 25.4. The van der Waals surface area contributed by atoms with Crippen LogP contribution in [0.3, 0.4) is 0 Å². The first-order chi connectivity index (χ1) is 12.2. The van der Waals surface area contributed by atoms with Crippen molar-refractivity contribution in [3.63, 3.8) is 0 Å². The highest BCUT2D eigenvalue weighted by Crippen LogP contribution is 2.23. The molecule has 2 aromatic carbocycles. The summed E-state index contributed by atoms with van der Waals surface area (Å²) in [5.74, 6) is -0.190. The lowest BCUT2D eigenvalue weighted by Gasteiger charge is -2.28. The Kier molecular flexibility index (Phi) is 5.14. The molecule has 0 unspecified atom stereocenters. The van der Waals surface area contributed by atoms with Gasteiger partial charge in [-0.1, -0.05) is 36.4 Å². The number of nitrogens with one attached hydrogen (secondary N) is 1. The number of methoxy groups -OCH3 is 1. The van der Waals surface area contributed by atoms with Crippen molar-refractivity contribution in [1.29, 1.82) is 0 Å². The zero-order valence-corrected chi connectivity index (χ0v) is 14.1. The van der Waals surface area contributed by atoms with Crippen molar-refractivity contribution in [3.8, 4) is 0 Å². The third-order valence-corrected chi connectivity index (χ3v) is 4.15. The highest BCUT2D eigenvalue weighted by molar-refractivity contribution is 6.02. The standard InChI is InChI=1S/C20H20N2O3/c1-25-20(24)22-12-11-16-8-9-18(13-17(16)14-22)21-19(23)10-7-15-5-3-2-4-6-15/h2-10,13H,11-12,14H2,1H3,(H,21,23). The van der Waals surface area contributed by atoms with Gasteiger partial charge in [0.1, 0.15) is 0 Å². The summed E-state index contributed by atoms with van der Waals surface area (Å²) in [6.07, 6.45) is 3.74. The molecule has 2 aromatic rings. The van der Waals surface area contributed by atoms with Gasteiger partial charge in [-0.3, -0.25) is 4.79 Å². The molecule has 0 spiro atoms. The first-order valence-corrected chi connectivity index (χ1v) is 8.14. The average Bonchev–Trinajstić information content (AvgIpc) is 2.66. The molecule has 0 saturated carbocycles. The number of anilines is 1. The van der Waals surface area contributed by atoms with Crippen molar-refractivity contribution in [1.82, 2.24) is 4.90 Å². The van der Waals surface area contributed by atoms with Crippen molar-refractivity contribution in [2.24, 2.45) is 0 Å². The van der Waals surface area contributed by atoms with Gasteiger partial charge in [0.15, 0.2) is 0 Å². The second-order valence-electron chi connectivity index (χ2n) is 5.86. The Morgan fingerprint density at radius 1 is 1.12 bits per heavy atom. The maximum Gasteiger partial charge on any atom is 0.409 e. The minimum Gasteiger partial charge on any atom is -0.453 e. The molecule has 0 radical (unpaired) electrons. The number of hydrogen-bond acceptors (Lipinski definition) is 3. The summed E-state index contributed by atoms with van der Waals surface area (Å²) >= 11 is 0. The maximum atomic E-state index is 12.1. The van der Waals surface area contributed by atoms with Crippen molar-refractivity contribution in [2.75, 3.05) is 19.0 Å². The van der Waals surface area contributed by atoms with Crippen LogP contribution >= 0.6 is 0 Å². The summed E-state index contributed by atoms with van der Waals surface area (Å²) in [6, 6.07) is 15.5. The van der Waals surface area contributed by atoms with Crippen LogP contribution in [0, 0.1) is 0 Å². The van der Waals surface area contributed by atoms with Crippen molar-refractivity contribution in [2.45, 2.75) is 13.0 Å². The highest BCUT2D eigenvalue weighted by atomic mass is 16.5. The molecule has 0 atom stereocenters. The number of nitrogens with zero attached hydrogens (tertiary/aromatic N) is 1. The van der Waals surface area contributed by atoms with E-state index in [2.05, 4.69) is 5.32 Å². The minimum absolute atomic E-state index is 0.190. The molecular formula is C20H20N2O3. The molecule has 0 saturated heterocycles. The lowest BCUT2D eigenvalue weighted by atomic mass is 9.99. The molecule has 25 heavy (non-hydrogen) atoms. The fourth-order valence-electron chi connectivity index (χ4n) is 2.84. The van der Waals surface area contributed by atoms with Gasteiger partial charge in [-0.15, -0.1) is 0 Å². The molecule has 1 heterocycles. The van der Waals surface area contributed by atoms with Gasteiger partial charge in [0.05, 0.1) is 7.11 Å². The first kappa shape index (κ1) is 16.8. The number of amides is 2. The van der Waals surface area contributed by atoms with Crippen LogP contribution in [-0.2, 0) is 22.5 Å². The van der Waals surface area contributed by atoms with Gasteiger partial charge in [0, 0.05) is 24.9 Å². The van der Waals surface area contributed by atoms with E-state index in [-0.39, 0.29) is 12.0 Å². The van der Waals surface area contributed by atoms with E-state index in [0.717, 1.165) is 17.5 Å². The molecule has 5 nitrogen and oxygen atoms in total. The van der Waals surface area contributed by atoms with Gasteiger partial charge in [-0.2, -0.15) is 0 Å². The number of benzene rings is 2. The number of ether oxygens (including phenoxy) is 1. The van der Waals surface area contributed by atoms with Crippen molar-refractivity contribution in [3.05, 3.63) is 71.3 Å². The number of carbonyl (C=O) groups is 2. The molecule has 128 valence electrons. The molecule has 3 rings (SSSR count). The maximum absolute atomic E-state index is 12.1. The number of carbonyl (C=O) groups excluding carboxylic acids is 2. The van der Waals surface area contributed by atoms with E-state index in [4.69, 9.17) is 4.74 Å².